The molecule has 0 N–H and O–H groups in total. The summed E-state index contributed by atoms with van der Waals surface area (Å²) in [7, 11) is 0. The van der Waals surface area contributed by atoms with Crippen LogP contribution >= 0.6 is 15.9 Å². The van der Waals surface area contributed by atoms with Crippen molar-refractivity contribution in [2.75, 3.05) is 6.61 Å². The first kappa shape index (κ1) is 16.4. The van der Waals surface area contributed by atoms with Crippen molar-refractivity contribution in [2.24, 2.45) is 0 Å². The molecule has 2 rings (SSSR count). The summed E-state index contributed by atoms with van der Waals surface area (Å²) in [6.45, 7) is 0.154. The Labute approximate surface area is 143 Å². The van der Waals surface area contributed by atoms with Crippen molar-refractivity contribution in [3.05, 3.63) is 63.6 Å². The molecule has 0 saturated carbocycles. The third-order valence-electron chi connectivity index (χ3n) is 3.03. The van der Waals surface area contributed by atoms with Crippen LogP contribution in [0.4, 0.5) is 0 Å². The molecule has 0 aromatic heterocycles. The first-order valence-corrected chi connectivity index (χ1v) is 7.45. The van der Waals surface area contributed by atoms with Crippen molar-refractivity contribution in [1.82, 2.24) is 0 Å². The molecule has 0 heterocycles. The molecule has 2 aromatic rings. The van der Waals surface area contributed by atoms with E-state index in [1.807, 2.05) is 12.1 Å². The molecule has 0 aliphatic carbocycles. The monoisotopic (exact) mass is 362 g/mol. The van der Waals surface area contributed by atoms with Crippen molar-refractivity contribution in [1.29, 1.82) is 10.5 Å². The van der Waals surface area contributed by atoms with Crippen molar-refractivity contribution >= 4 is 27.6 Å². The summed E-state index contributed by atoms with van der Waals surface area (Å²) in [6.07, 6.45) is 6.96. The van der Waals surface area contributed by atoms with Crippen molar-refractivity contribution < 1.29 is 4.74 Å². The Morgan fingerprint density at radius 2 is 1.91 bits per heavy atom. The number of nitriles is 2. The van der Waals surface area contributed by atoms with E-state index >= 15 is 0 Å². The van der Waals surface area contributed by atoms with Crippen LogP contribution in [0.25, 0.3) is 11.6 Å². The van der Waals surface area contributed by atoms with E-state index in [0.29, 0.717) is 16.9 Å². The van der Waals surface area contributed by atoms with Gasteiger partial charge in [0, 0.05) is 10.0 Å². The van der Waals surface area contributed by atoms with Crippen LogP contribution in [0.3, 0.4) is 0 Å². The quantitative estimate of drug-likeness (QED) is 0.460. The second-order valence-electron chi connectivity index (χ2n) is 4.53. The largest absolute Gasteiger partial charge is 0.480 e. The summed E-state index contributed by atoms with van der Waals surface area (Å²) >= 11 is 3.41. The number of hydrogen-bond acceptors (Lipinski definition) is 3. The molecule has 0 bridgehead atoms. The highest BCUT2D eigenvalue weighted by atomic mass is 79.9. The molecular weight excluding hydrogens is 352 g/mol. The Morgan fingerprint density at radius 3 is 2.52 bits per heavy atom. The van der Waals surface area contributed by atoms with Crippen LogP contribution < -0.4 is 4.74 Å². The Kier molecular flexibility index (Phi) is 5.59. The zero-order chi connectivity index (χ0) is 16.7. The maximum atomic E-state index is 9.44. The summed E-state index contributed by atoms with van der Waals surface area (Å²) in [5.74, 6) is 3.02. The smallest absolute Gasteiger partial charge is 0.148 e. The topological polar surface area (TPSA) is 56.8 Å². The maximum Gasteiger partial charge on any atom is 0.148 e. The zero-order valence-electron chi connectivity index (χ0n) is 12.1. The van der Waals surface area contributed by atoms with E-state index in [-0.39, 0.29) is 6.61 Å². The first-order chi connectivity index (χ1) is 11.2. The summed E-state index contributed by atoms with van der Waals surface area (Å²) < 4.78 is 6.37. The van der Waals surface area contributed by atoms with Crippen LogP contribution in [-0.2, 0) is 0 Å². The molecule has 0 spiro atoms. The zero-order valence-corrected chi connectivity index (χ0v) is 13.7. The van der Waals surface area contributed by atoms with E-state index in [1.54, 1.807) is 36.4 Å². The highest BCUT2D eigenvalue weighted by Crippen LogP contribution is 2.28. The number of halogens is 1. The number of terminal acetylenes is 1. The van der Waals surface area contributed by atoms with Gasteiger partial charge in [0.1, 0.15) is 12.4 Å². The van der Waals surface area contributed by atoms with Gasteiger partial charge < -0.3 is 4.74 Å². The lowest BCUT2D eigenvalue weighted by Gasteiger charge is -2.08. The number of ether oxygens (including phenoxy) is 1. The number of allylic oxidation sites excluding steroid dienone is 1. The van der Waals surface area contributed by atoms with E-state index in [2.05, 4.69) is 34.0 Å². The van der Waals surface area contributed by atoms with Crippen molar-refractivity contribution in [3.8, 4) is 30.2 Å². The molecule has 3 nitrogen and oxygen atoms in total. The first-order valence-electron chi connectivity index (χ1n) is 6.66. The lowest BCUT2D eigenvalue weighted by atomic mass is 10.0. The van der Waals surface area contributed by atoms with Crippen LogP contribution in [0.2, 0.25) is 0 Å². The summed E-state index contributed by atoms with van der Waals surface area (Å²) in [5, 5.41) is 18.3. The molecule has 0 amide bonds. The normalized spacial score (nSPS) is 10.3. The molecule has 0 atom stereocenters. The Bertz CT molecular complexity index is 862. The van der Waals surface area contributed by atoms with Crippen molar-refractivity contribution in [3.63, 3.8) is 0 Å². The lowest BCUT2D eigenvalue weighted by molar-refractivity contribution is 0.369. The molecule has 0 radical (unpaired) electrons. The average molecular weight is 363 g/mol. The molecular formula is C19H11BrN2O. The second kappa shape index (κ2) is 7.85. The van der Waals surface area contributed by atoms with Crippen LogP contribution in [0.1, 0.15) is 16.7 Å². The third-order valence-corrected chi connectivity index (χ3v) is 3.52. The van der Waals surface area contributed by atoms with E-state index in [4.69, 9.17) is 16.4 Å². The molecule has 0 aliphatic rings. The predicted octanol–water partition coefficient (Wildman–Crippen LogP) is 4.40. The van der Waals surface area contributed by atoms with Crippen LogP contribution in [0.5, 0.6) is 5.75 Å². The summed E-state index contributed by atoms with van der Waals surface area (Å²) in [4.78, 5) is 0. The van der Waals surface area contributed by atoms with E-state index in [1.165, 1.54) is 0 Å². The third kappa shape index (κ3) is 4.24. The minimum atomic E-state index is 0.154. The highest BCUT2D eigenvalue weighted by molar-refractivity contribution is 9.10. The minimum Gasteiger partial charge on any atom is -0.480 e. The van der Waals surface area contributed by atoms with E-state index < -0.39 is 0 Å². The molecule has 0 aliphatic heterocycles. The van der Waals surface area contributed by atoms with Crippen LogP contribution in [-0.4, -0.2) is 6.61 Å². The van der Waals surface area contributed by atoms with Gasteiger partial charge in [-0.25, -0.2) is 0 Å². The van der Waals surface area contributed by atoms with Gasteiger partial charge in [-0.1, -0.05) is 34.0 Å². The van der Waals surface area contributed by atoms with E-state index in [0.717, 1.165) is 15.6 Å². The van der Waals surface area contributed by atoms with E-state index in [9.17, 15) is 5.26 Å². The fraction of sp³-hybridized carbons (Fsp3) is 0.0526. The summed E-state index contributed by atoms with van der Waals surface area (Å²) in [6, 6.07) is 16.6. The SMILES string of the molecule is C#CCOc1ccc(Br)cc1C=C(C#N)c1ccc(C#N)cc1. The fourth-order valence-corrected chi connectivity index (χ4v) is 2.32. The van der Waals surface area contributed by atoms with Crippen LogP contribution in [0.15, 0.2) is 46.9 Å². The highest BCUT2D eigenvalue weighted by Gasteiger charge is 2.06. The number of rotatable bonds is 4. The number of benzene rings is 2. The second-order valence-corrected chi connectivity index (χ2v) is 5.45. The van der Waals surface area contributed by atoms with Gasteiger partial charge in [0.15, 0.2) is 0 Å². The number of nitrogens with zero attached hydrogens (tertiary/aromatic N) is 2. The fourth-order valence-electron chi connectivity index (χ4n) is 1.94. The molecule has 4 heteroatoms. The molecule has 2 aromatic carbocycles. The average Bonchev–Trinajstić information content (AvgIpc) is 2.59. The van der Waals surface area contributed by atoms with Gasteiger partial charge in [-0.05, 0) is 42.0 Å². The van der Waals surface area contributed by atoms with Gasteiger partial charge >= 0.3 is 0 Å². The van der Waals surface area contributed by atoms with Gasteiger partial charge in [0.05, 0.1) is 23.3 Å². The molecule has 0 saturated heterocycles. The maximum absolute atomic E-state index is 9.44. The summed E-state index contributed by atoms with van der Waals surface area (Å²) in [5.41, 5.74) is 2.49. The van der Waals surface area contributed by atoms with Gasteiger partial charge in [0.2, 0.25) is 0 Å². The van der Waals surface area contributed by atoms with Crippen LogP contribution in [0, 0.1) is 35.0 Å². The van der Waals surface area contributed by atoms with Gasteiger partial charge in [-0.2, -0.15) is 10.5 Å². The number of hydrogen-bond donors (Lipinski definition) is 0. The predicted molar refractivity (Wildman–Crippen MR) is 93.1 cm³/mol. The minimum absolute atomic E-state index is 0.154. The Hall–Kier alpha value is -3.00. The molecule has 23 heavy (non-hydrogen) atoms. The van der Waals surface area contributed by atoms with Gasteiger partial charge in [-0.3, -0.25) is 0 Å². The lowest BCUT2D eigenvalue weighted by Crippen LogP contribution is -1.96. The van der Waals surface area contributed by atoms with Gasteiger partial charge in [0.25, 0.3) is 0 Å². The van der Waals surface area contributed by atoms with Gasteiger partial charge in [-0.15, -0.1) is 6.42 Å². The standard InChI is InChI=1S/C19H11BrN2O/c1-2-9-23-19-8-7-18(20)11-16(19)10-17(13-22)15-5-3-14(12-21)4-6-15/h1,3-8,10-11H,9H2. The Balaban J connectivity index is 2.45. The Morgan fingerprint density at radius 1 is 1.17 bits per heavy atom. The molecule has 110 valence electrons. The van der Waals surface area contributed by atoms with Crippen molar-refractivity contribution in [2.45, 2.75) is 0 Å². The molecule has 0 fully saturated rings. The molecule has 0 unspecified atom stereocenters.